The fourth-order valence-electron chi connectivity index (χ4n) is 3.63. The number of nitrogens with one attached hydrogen (secondary N) is 1. The van der Waals surface area contributed by atoms with E-state index in [1.165, 1.54) is 0 Å². The van der Waals surface area contributed by atoms with Crippen molar-refractivity contribution in [3.05, 3.63) is 30.1 Å². The summed E-state index contributed by atoms with van der Waals surface area (Å²) in [5.74, 6) is 1.55. The third-order valence-electron chi connectivity index (χ3n) is 5.08. The van der Waals surface area contributed by atoms with Crippen LogP contribution in [0.1, 0.15) is 53.3 Å². The molecule has 0 bridgehead atoms. The van der Waals surface area contributed by atoms with Crippen molar-refractivity contribution in [2.75, 3.05) is 12.3 Å². The molecular weight excluding hydrogens is 378 g/mol. The number of aromatic nitrogens is 3. The van der Waals surface area contributed by atoms with Gasteiger partial charge < -0.3 is 20.4 Å². The monoisotopic (exact) mass is 411 g/mol. The third-order valence-corrected chi connectivity index (χ3v) is 5.08. The van der Waals surface area contributed by atoms with Crippen LogP contribution < -0.4 is 11.1 Å². The number of carbonyl (C=O) groups is 1. The average Bonchev–Trinajstić information content (AvgIpc) is 3.03. The first kappa shape index (κ1) is 22.0. The second-order valence-corrected chi connectivity index (χ2v) is 8.77. The minimum Gasteiger partial charge on any atom is -0.458 e. The molecule has 3 rings (SSSR count). The summed E-state index contributed by atoms with van der Waals surface area (Å²) in [4.78, 5) is 21.7. The minimum atomic E-state index is -0.693. The molecule has 0 radical (unpaired) electrons. The number of pyridine rings is 1. The Labute approximate surface area is 178 Å². The molecule has 162 valence electrons. The second-order valence-electron chi connectivity index (χ2n) is 8.77. The van der Waals surface area contributed by atoms with Gasteiger partial charge in [-0.15, -0.1) is 0 Å². The fraction of sp³-hybridized carbons (Fsp3) is 0.522. The number of nitrogen functional groups attached to an aromatic ring is 1. The highest BCUT2D eigenvalue weighted by Gasteiger charge is 2.27. The number of fused-ring (bicyclic) bond motifs is 3. The number of rotatable bonds is 9. The molecule has 3 aromatic rings. The van der Waals surface area contributed by atoms with E-state index < -0.39 is 5.60 Å². The molecule has 7 heteroatoms. The standard InChI is InChI=1S/C23H33N5O2/c1-6-25-13-18-27-20-21(16-9-7-8-10-17(16)26-22(20)24)28(18)14-23(4,5)30-19(29)12-11-15(2)3/h7-10,15,25H,6,11-14H2,1-5H3,(H2,24,26). The van der Waals surface area contributed by atoms with Gasteiger partial charge in [-0.1, -0.05) is 39.0 Å². The SMILES string of the molecule is CCNCc1nc2c(N)nc3ccccc3c2n1CC(C)(C)OC(=O)CCC(C)C. The number of ether oxygens (including phenoxy) is 1. The van der Waals surface area contributed by atoms with E-state index in [1.54, 1.807) is 0 Å². The van der Waals surface area contributed by atoms with Gasteiger partial charge in [0.2, 0.25) is 0 Å². The van der Waals surface area contributed by atoms with Gasteiger partial charge >= 0.3 is 5.97 Å². The number of anilines is 1. The normalized spacial score (nSPS) is 12.2. The summed E-state index contributed by atoms with van der Waals surface area (Å²) in [6, 6.07) is 7.91. The molecule has 30 heavy (non-hydrogen) atoms. The summed E-state index contributed by atoms with van der Waals surface area (Å²) in [6.07, 6.45) is 1.25. The van der Waals surface area contributed by atoms with E-state index >= 15 is 0 Å². The number of hydrogen-bond acceptors (Lipinski definition) is 6. The molecular formula is C23H33N5O2. The van der Waals surface area contributed by atoms with Crippen LogP contribution in [0.4, 0.5) is 5.82 Å². The van der Waals surface area contributed by atoms with Gasteiger partial charge in [0.1, 0.15) is 16.9 Å². The second kappa shape index (κ2) is 9.00. The molecule has 0 aliphatic carbocycles. The first-order chi connectivity index (χ1) is 14.2. The smallest absolute Gasteiger partial charge is 0.306 e. The molecule has 2 heterocycles. The summed E-state index contributed by atoms with van der Waals surface area (Å²) in [7, 11) is 0. The number of carbonyl (C=O) groups excluding carboxylic acids is 1. The van der Waals surface area contributed by atoms with Crippen molar-refractivity contribution in [1.29, 1.82) is 0 Å². The first-order valence-electron chi connectivity index (χ1n) is 10.7. The van der Waals surface area contributed by atoms with Gasteiger partial charge in [-0.2, -0.15) is 0 Å². The van der Waals surface area contributed by atoms with Crippen molar-refractivity contribution in [2.24, 2.45) is 5.92 Å². The lowest BCUT2D eigenvalue weighted by Crippen LogP contribution is -2.34. The Morgan fingerprint density at radius 3 is 2.70 bits per heavy atom. The predicted octanol–water partition coefficient (Wildman–Crippen LogP) is 4.03. The zero-order valence-corrected chi connectivity index (χ0v) is 18.7. The van der Waals surface area contributed by atoms with E-state index in [0.29, 0.717) is 36.8 Å². The van der Waals surface area contributed by atoms with Gasteiger partial charge in [0.25, 0.3) is 0 Å². The Morgan fingerprint density at radius 2 is 2.00 bits per heavy atom. The zero-order valence-electron chi connectivity index (χ0n) is 18.7. The molecule has 3 N–H and O–H groups in total. The van der Waals surface area contributed by atoms with Crippen LogP contribution in [-0.4, -0.2) is 32.7 Å². The summed E-state index contributed by atoms with van der Waals surface area (Å²) in [5.41, 5.74) is 8.00. The molecule has 7 nitrogen and oxygen atoms in total. The topological polar surface area (TPSA) is 95.1 Å². The maximum absolute atomic E-state index is 12.4. The quantitative estimate of drug-likeness (QED) is 0.516. The molecule has 0 fully saturated rings. The number of para-hydroxylation sites is 1. The van der Waals surface area contributed by atoms with E-state index in [1.807, 2.05) is 38.1 Å². The van der Waals surface area contributed by atoms with Crippen LogP contribution in [0.2, 0.25) is 0 Å². The summed E-state index contributed by atoms with van der Waals surface area (Å²) < 4.78 is 7.98. The maximum atomic E-state index is 12.4. The summed E-state index contributed by atoms with van der Waals surface area (Å²) in [5, 5.41) is 4.33. The maximum Gasteiger partial charge on any atom is 0.306 e. The van der Waals surface area contributed by atoms with Gasteiger partial charge in [-0.3, -0.25) is 4.79 Å². The van der Waals surface area contributed by atoms with Crippen LogP contribution in [0.3, 0.4) is 0 Å². The van der Waals surface area contributed by atoms with Crippen molar-refractivity contribution >= 4 is 33.7 Å². The number of nitrogens with two attached hydrogens (primary N) is 1. The van der Waals surface area contributed by atoms with Crippen LogP contribution in [0.15, 0.2) is 24.3 Å². The number of hydrogen-bond donors (Lipinski definition) is 2. The predicted molar refractivity (Wildman–Crippen MR) is 121 cm³/mol. The number of esters is 1. The van der Waals surface area contributed by atoms with Crippen LogP contribution >= 0.6 is 0 Å². The van der Waals surface area contributed by atoms with E-state index in [9.17, 15) is 4.79 Å². The Kier molecular flexibility index (Phi) is 6.61. The molecule has 0 saturated heterocycles. The lowest BCUT2D eigenvalue weighted by atomic mass is 10.1. The molecule has 0 aliphatic rings. The lowest BCUT2D eigenvalue weighted by molar-refractivity contribution is -0.157. The third kappa shape index (κ3) is 4.90. The van der Waals surface area contributed by atoms with Crippen molar-refractivity contribution < 1.29 is 9.53 Å². The van der Waals surface area contributed by atoms with Crippen molar-refractivity contribution in [1.82, 2.24) is 19.9 Å². The van der Waals surface area contributed by atoms with Gasteiger partial charge in [0, 0.05) is 11.8 Å². The highest BCUT2D eigenvalue weighted by molar-refractivity contribution is 6.06. The van der Waals surface area contributed by atoms with Crippen molar-refractivity contribution in [3.8, 4) is 0 Å². The molecule has 0 atom stereocenters. The summed E-state index contributed by atoms with van der Waals surface area (Å²) in [6.45, 7) is 12.0. The highest BCUT2D eigenvalue weighted by atomic mass is 16.6. The van der Waals surface area contributed by atoms with E-state index in [2.05, 4.69) is 35.6 Å². The summed E-state index contributed by atoms with van der Waals surface area (Å²) >= 11 is 0. The zero-order chi connectivity index (χ0) is 21.9. The van der Waals surface area contributed by atoms with E-state index in [0.717, 1.165) is 35.2 Å². The highest BCUT2D eigenvalue weighted by Crippen LogP contribution is 2.30. The van der Waals surface area contributed by atoms with Gasteiger partial charge in [0.15, 0.2) is 5.82 Å². The molecule has 0 saturated carbocycles. The lowest BCUT2D eigenvalue weighted by Gasteiger charge is -2.27. The Bertz CT molecular complexity index is 1040. The van der Waals surface area contributed by atoms with E-state index in [4.69, 9.17) is 15.5 Å². The molecule has 0 unspecified atom stereocenters. The molecule has 0 aliphatic heterocycles. The molecule has 1 aromatic carbocycles. The fourth-order valence-corrected chi connectivity index (χ4v) is 3.63. The largest absolute Gasteiger partial charge is 0.458 e. The Balaban J connectivity index is 2.03. The number of benzene rings is 1. The van der Waals surface area contributed by atoms with Gasteiger partial charge in [-0.05, 0) is 38.8 Å². The van der Waals surface area contributed by atoms with Crippen LogP contribution in [-0.2, 0) is 22.6 Å². The van der Waals surface area contributed by atoms with Crippen molar-refractivity contribution in [2.45, 2.75) is 66.2 Å². The Hall–Kier alpha value is -2.67. The van der Waals surface area contributed by atoms with E-state index in [-0.39, 0.29) is 5.97 Å². The number of nitrogens with zero attached hydrogens (tertiary/aromatic N) is 3. The van der Waals surface area contributed by atoms with Gasteiger partial charge in [0.05, 0.1) is 24.1 Å². The molecule has 0 spiro atoms. The average molecular weight is 412 g/mol. The first-order valence-corrected chi connectivity index (χ1v) is 10.7. The Morgan fingerprint density at radius 1 is 1.27 bits per heavy atom. The van der Waals surface area contributed by atoms with Gasteiger partial charge in [-0.25, -0.2) is 9.97 Å². The van der Waals surface area contributed by atoms with Crippen LogP contribution in [0.25, 0.3) is 21.9 Å². The molecule has 2 aromatic heterocycles. The number of imidazole rings is 1. The minimum absolute atomic E-state index is 0.169. The van der Waals surface area contributed by atoms with Crippen molar-refractivity contribution in [3.63, 3.8) is 0 Å². The molecule has 0 amide bonds. The van der Waals surface area contributed by atoms with Crippen LogP contribution in [0, 0.1) is 5.92 Å². The van der Waals surface area contributed by atoms with Crippen LogP contribution in [0.5, 0.6) is 0 Å².